The van der Waals surface area contributed by atoms with Gasteiger partial charge < -0.3 is 14.0 Å². The quantitative estimate of drug-likeness (QED) is 0.494. The molecule has 0 atom stereocenters. The molecule has 0 N–H and O–H groups in total. The van der Waals surface area contributed by atoms with E-state index in [4.69, 9.17) is 4.42 Å². The van der Waals surface area contributed by atoms with E-state index in [1.54, 1.807) is 49.4 Å². The van der Waals surface area contributed by atoms with Crippen LogP contribution in [-0.2, 0) is 14.4 Å². The average molecular weight is 311 g/mol. The van der Waals surface area contributed by atoms with Crippen LogP contribution in [0, 0.1) is 0 Å². The number of methoxy groups -OCH3 is 1. The third-order valence-corrected chi connectivity index (χ3v) is 3.38. The number of carbonyl (C=O) groups is 2. The van der Waals surface area contributed by atoms with Crippen LogP contribution in [-0.4, -0.2) is 24.8 Å². The zero-order chi connectivity index (χ0) is 16.4. The van der Waals surface area contributed by atoms with Crippen molar-refractivity contribution in [2.45, 2.75) is 6.92 Å². The van der Waals surface area contributed by atoms with Gasteiger partial charge in [0.2, 0.25) is 0 Å². The summed E-state index contributed by atoms with van der Waals surface area (Å²) >= 11 is 0. The molecule has 0 amide bonds. The first-order valence-corrected chi connectivity index (χ1v) is 6.85. The Bertz CT molecular complexity index is 827. The van der Waals surface area contributed by atoms with Gasteiger partial charge in [-0.3, -0.25) is 0 Å². The number of benzene rings is 1. The van der Waals surface area contributed by atoms with Gasteiger partial charge in [-0.2, -0.15) is 0 Å². The molecule has 1 aliphatic rings. The molecule has 0 saturated heterocycles. The van der Waals surface area contributed by atoms with Crippen LogP contribution in [0.5, 0.6) is 0 Å². The maximum Gasteiger partial charge on any atom is 0.367 e. The molecule has 2 aromatic rings. The summed E-state index contributed by atoms with van der Waals surface area (Å²) in [5.41, 5.74) is 2.15. The molecular formula is C17H13NO5. The SMILES string of the molecule is COC(=O)c1ccc(-c2ccc(/C=C3/C(=O)ON=C3C)o2)cc1. The summed E-state index contributed by atoms with van der Waals surface area (Å²) in [6.45, 7) is 1.69. The Hall–Kier alpha value is -3.15. The molecule has 3 rings (SSSR count). The van der Waals surface area contributed by atoms with E-state index in [1.807, 2.05) is 0 Å². The van der Waals surface area contributed by atoms with Crippen molar-refractivity contribution in [3.63, 3.8) is 0 Å². The maximum atomic E-state index is 11.5. The molecule has 0 radical (unpaired) electrons. The van der Waals surface area contributed by atoms with Gasteiger partial charge in [-0.05, 0) is 37.3 Å². The van der Waals surface area contributed by atoms with Gasteiger partial charge >= 0.3 is 11.9 Å². The van der Waals surface area contributed by atoms with E-state index in [9.17, 15) is 9.59 Å². The van der Waals surface area contributed by atoms with Crippen molar-refractivity contribution >= 4 is 23.7 Å². The van der Waals surface area contributed by atoms with Gasteiger partial charge in [0, 0.05) is 5.56 Å². The van der Waals surface area contributed by atoms with Crippen LogP contribution in [0.15, 0.2) is 51.5 Å². The number of esters is 1. The third-order valence-electron chi connectivity index (χ3n) is 3.38. The van der Waals surface area contributed by atoms with Crippen molar-refractivity contribution in [1.29, 1.82) is 0 Å². The molecule has 6 nitrogen and oxygen atoms in total. The molecule has 2 heterocycles. The van der Waals surface area contributed by atoms with Crippen molar-refractivity contribution in [1.82, 2.24) is 0 Å². The molecule has 1 aliphatic heterocycles. The summed E-state index contributed by atoms with van der Waals surface area (Å²) in [6, 6.07) is 10.4. The molecule has 6 heteroatoms. The lowest BCUT2D eigenvalue weighted by Crippen LogP contribution is -2.01. The smallest absolute Gasteiger partial charge is 0.367 e. The predicted molar refractivity (Wildman–Crippen MR) is 82.7 cm³/mol. The number of ether oxygens (including phenoxy) is 1. The topological polar surface area (TPSA) is 78.1 Å². The number of hydrogen-bond donors (Lipinski definition) is 0. The Labute approximate surface area is 132 Å². The minimum Gasteiger partial charge on any atom is -0.465 e. The van der Waals surface area contributed by atoms with Crippen molar-refractivity contribution in [2.75, 3.05) is 7.11 Å². The van der Waals surface area contributed by atoms with Crippen LogP contribution in [0.1, 0.15) is 23.0 Å². The minimum absolute atomic E-state index is 0.368. The van der Waals surface area contributed by atoms with Gasteiger partial charge in [-0.1, -0.05) is 17.3 Å². The van der Waals surface area contributed by atoms with Gasteiger partial charge in [-0.15, -0.1) is 0 Å². The summed E-state index contributed by atoms with van der Waals surface area (Å²) in [5.74, 6) is 0.244. The molecule has 1 aromatic carbocycles. The van der Waals surface area contributed by atoms with Crippen LogP contribution in [0.2, 0.25) is 0 Å². The second-order valence-electron chi connectivity index (χ2n) is 4.88. The van der Waals surface area contributed by atoms with E-state index < -0.39 is 11.9 Å². The monoisotopic (exact) mass is 311 g/mol. The van der Waals surface area contributed by atoms with Crippen molar-refractivity contribution < 1.29 is 23.6 Å². The Balaban J connectivity index is 1.85. The second-order valence-corrected chi connectivity index (χ2v) is 4.88. The molecule has 116 valence electrons. The number of hydrogen-bond acceptors (Lipinski definition) is 6. The molecule has 0 fully saturated rings. The molecule has 1 aromatic heterocycles. The molecule has 0 bridgehead atoms. The van der Waals surface area contributed by atoms with Crippen molar-refractivity contribution in [3.8, 4) is 11.3 Å². The molecule has 0 aliphatic carbocycles. The average Bonchev–Trinajstić information content (AvgIpc) is 3.16. The zero-order valence-corrected chi connectivity index (χ0v) is 12.5. The van der Waals surface area contributed by atoms with E-state index in [1.165, 1.54) is 7.11 Å². The van der Waals surface area contributed by atoms with Crippen LogP contribution in [0.4, 0.5) is 0 Å². The van der Waals surface area contributed by atoms with Gasteiger partial charge in [0.05, 0.1) is 24.0 Å². The van der Waals surface area contributed by atoms with Gasteiger partial charge in [-0.25, -0.2) is 9.59 Å². The van der Waals surface area contributed by atoms with Crippen LogP contribution in [0.3, 0.4) is 0 Å². The summed E-state index contributed by atoms with van der Waals surface area (Å²) in [5, 5.41) is 3.61. The lowest BCUT2D eigenvalue weighted by molar-refractivity contribution is -0.136. The van der Waals surface area contributed by atoms with Crippen LogP contribution < -0.4 is 0 Å². The van der Waals surface area contributed by atoms with Gasteiger partial charge in [0.15, 0.2) is 0 Å². The number of rotatable bonds is 3. The molecule has 0 spiro atoms. The molecule has 0 saturated carbocycles. The third kappa shape index (κ3) is 2.91. The molecule has 0 unspecified atom stereocenters. The predicted octanol–water partition coefficient (Wildman–Crippen LogP) is 3.05. The second kappa shape index (κ2) is 5.92. The van der Waals surface area contributed by atoms with Crippen molar-refractivity contribution in [2.24, 2.45) is 5.16 Å². The summed E-state index contributed by atoms with van der Waals surface area (Å²) in [6.07, 6.45) is 1.58. The van der Waals surface area contributed by atoms with Gasteiger partial charge in [0.1, 0.15) is 11.5 Å². The summed E-state index contributed by atoms with van der Waals surface area (Å²) < 4.78 is 10.4. The Morgan fingerprint density at radius 2 is 1.91 bits per heavy atom. The standard InChI is InChI=1S/C17H13NO5/c1-10-14(17(20)23-18-10)9-13-7-8-15(22-13)11-3-5-12(6-4-11)16(19)21-2/h3-9H,1-2H3/b14-9+. The number of carbonyl (C=O) groups excluding carboxylic acids is 2. The van der Waals surface area contributed by atoms with Crippen LogP contribution in [0.25, 0.3) is 17.4 Å². The highest BCUT2D eigenvalue weighted by Crippen LogP contribution is 2.25. The highest BCUT2D eigenvalue weighted by atomic mass is 16.7. The highest BCUT2D eigenvalue weighted by molar-refractivity contribution is 6.24. The Morgan fingerprint density at radius 3 is 2.52 bits per heavy atom. The largest absolute Gasteiger partial charge is 0.465 e. The zero-order valence-electron chi connectivity index (χ0n) is 12.5. The first-order valence-electron chi connectivity index (χ1n) is 6.85. The van der Waals surface area contributed by atoms with E-state index in [0.717, 1.165) is 5.56 Å². The number of oxime groups is 1. The maximum absolute atomic E-state index is 11.5. The number of furan rings is 1. The van der Waals surface area contributed by atoms with Crippen LogP contribution >= 0.6 is 0 Å². The first kappa shape index (κ1) is 14.8. The fourth-order valence-electron chi connectivity index (χ4n) is 2.14. The fourth-order valence-corrected chi connectivity index (χ4v) is 2.14. The lowest BCUT2D eigenvalue weighted by atomic mass is 10.1. The minimum atomic E-state index is -0.497. The summed E-state index contributed by atoms with van der Waals surface area (Å²) in [7, 11) is 1.34. The number of nitrogens with zero attached hydrogens (tertiary/aromatic N) is 1. The Kier molecular flexibility index (Phi) is 3.80. The van der Waals surface area contributed by atoms with E-state index in [-0.39, 0.29) is 0 Å². The highest BCUT2D eigenvalue weighted by Gasteiger charge is 2.22. The Morgan fingerprint density at radius 1 is 1.17 bits per heavy atom. The lowest BCUT2D eigenvalue weighted by Gasteiger charge is -2.00. The van der Waals surface area contributed by atoms with E-state index >= 15 is 0 Å². The fraction of sp³-hybridized carbons (Fsp3) is 0.118. The first-order chi connectivity index (χ1) is 11.1. The van der Waals surface area contributed by atoms with E-state index in [0.29, 0.717) is 28.4 Å². The van der Waals surface area contributed by atoms with Crippen molar-refractivity contribution in [3.05, 3.63) is 53.3 Å². The molecular weight excluding hydrogens is 298 g/mol. The van der Waals surface area contributed by atoms with E-state index in [2.05, 4.69) is 14.7 Å². The van der Waals surface area contributed by atoms with Gasteiger partial charge in [0.25, 0.3) is 0 Å². The molecule has 23 heavy (non-hydrogen) atoms. The summed E-state index contributed by atoms with van der Waals surface area (Å²) in [4.78, 5) is 27.5. The normalized spacial score (nSPS) is 15.5.